The molecular formula is C25H32N2O4. The van der Waals surface area contributed by atoms with Crippen molar-refractivity contribution in [3.05, 3.63) is 71.6 Å². The zero-order valence-electron chi connectivity index (χ0n) is 17.9. The Morgan fingerprint density at radius 2 is 1.77 bits per heavy atom. The average molecular weight is 425 g/mol. The fourth-order valence-corrected chi connectivity index (χ4v) is 3.23. The number of hydrogen-bond acceptors (Lipinski definition) is 5. The van der Waals surface area contributed by atoms with Crippen molar-refractivity contribution < 1.29 is 19.8 Å². The third-order valence-electron chi connectivity index (χ3n) is 4.97. The summed E-state index contributed by atoms with van der Waals surface area (Å²) in [6.07, 6.45) is 10.4. The summed E-state index contributed by atoms with van der Waals surface area (Å²) in [6, 6.07) is 13.8. The highest BCUT2D eigenvalue weighted by molar-refractivity contribution is 5.95. The lowest BCUT2D eigenvalue weighted by Gasteiger charge is -2.19. The smallest absolute Gasteiger partial charge is 0.304 e. The molecule has 2 rings (SSSR count). The van der Waals surface area contributed by atoms with Crippen LogP contribution in [0.5, 0.6) is 0 Å². The number of aromatic nitrogens is 1. The topological polar surface area (TPSA) is 90.7 Å². The normalized spacial score (nSPS) is 11.3. The molecule has 2 N–H and O–H groups in total. The summed E-state index contributed by atoms with van der Waals surface area (Å²) in [4.78, 5) is 29.3. The number of carboxylic acid groups (broad SMARTS) is 1. The highest BCUT2D eigenvalue weighted by atomic mass is 16.4. The van der Waals surface area contributed by atoms with E-state index < -0.39 is 5.97 Å². The van der Waals surface area contributed by atoms with Gasteiger partial charge < -0.3 is 10.2 Å². The number of benzene rings is 1. The number of rotatable bonds is 15. The molecule has 0 saturated carbocycles. The minimum Gasteiger partial charge on any atom is -0.481 e. The number of unbranched alkanes of at least 4 members (excludes halogenated alkanes) is 3. The molecule has 0 radical (unpaired) electrons. The van der Waals surface area contributed by atoms with E-state index in [0.717, 1.165) is 31.4 Å². The predicted molar refractivity (Wildman–Crippen MR) is 122 cm³/mol. The number of carbonyl (C=O) groups is 2. The molecule has 0 spiro atoms. The van der Waals surface area contributed by atoms with Crippen LogP contribution in [0.4, 0.5) is 0 Å². The lowest BCUT2D eigenvalue weighted by Crippen LogP contribution is -2.29. The van der Waals surface area contributed by atoms with Crippen LogP contribution in [0.3, 0.4) is 0 Å². The Morgan fingerprint density at radius 3 is 2.45 bits per heavy atom. The molecule has 0 aliphatic rings. The number of aliphatic hydroxyl groups excluding tert-OH is 1. The summed E-state index contributed by atoms with van der Waals surface area (Å²) < 4.78 is 0. The Morgan fingerprint density at radius 1 is 0.968 bits per heavy atom. The highest BCUT2D eigenvalue weighted by Gasteiger charge is 2.10. The van der Waals surface area contributed by atoms with Gasteiger partial charge in [0.1, 0.15) is 0 Å². The van der Waals surface area contributed by atoms with Crippen LogP contribution >= 0.6 is 0 Å². The fraction of sp³-hybridized carbons (Fsp3) is 0.400. The molecule has 31 heavy (non-hydrogen) atoms. The third-order valence-corrected chi connectivity index (χ3v) is 4.97. The standard InChI is InChI=1S/C25H32N2O4/c28-18-17-27(16-15-25(30)31)20-23-14-13-22(19-26-23)24(29)12-8-3-1-2-5-9-21-10-6-4-7-11-21/h4-7,9-11,13-14,19,28H,1-3,8,12,15-18,20H2,(H,30,31)/b9-5+. The second-order valence-electron chi connectivity index (χ2n) is 7.52. The SMILES string of the molecule is O=C(O)CCN(CCO)Cc1ccc(C(=O)CCCCC/C=C/c2ccccc2)cn1. The number of allylic oxidation sites excluding steroid dienone is 1. The van der Waals surface area contributed by atoms with Crippen molar-refractivity contribution >= 4 is 17.8 Å². The lowest BCUT2D eigenvalue weighted by molar-refractivity contribution is -0.137. The van der Waals surface area contributed by atoms with Crippen LogP contribution in [0.25, 0.3) is 6.08 Å². The van der Waals surface area contributed by atoms with Gasteiger partial charge in [-0.25, -0.2) is 0 Å². The summed E-state index contributed by atoms with van der Waals surface area (Å²) in [7, 11) is 0. The van der Waals surface area contributed by atoms with Gasteiger partial charge in [0.2, 0.25) is 0 Å². The maximum Gasteiger partial charge on any atom is 0.304 e. The summed E-state index contributed by atoms with van der Waals surface area (Å²) in [5.41, 5.74) is 2.56. The van der Waals surface area contributed by atoms with Gasteiger partial charge >= 0.3 is 5.97 Å². The number of aliphatic carboxylic acids is 1. The van der Waals surface area contributed by atoms with E-state index in [0.29, 0.717) is 31.6 Å². The molecule has 0 atom stereocenters. The number of Topliss-reactive ketones (excluding diaryl/α,β-unsaturated/α-hetero) is 1. The summed E-state index contributed by atoms with van der Waals surface area (Å²) in [6.45, 7) is 1.13. The van der Waals surface area contributed by atoms with Crippen molar-refractivity contribution in [3.8, 4) is 0 Å². The third kappa shape index (κ3) is 10.2. The Kier molecular flexibility index (Phi) is 11.2. The number of aliphatic hydroxyl groups is 1. The fourth-order valence-electron chi connectivity index (χ4n) is 3.23. The van der Waals surface area contributed by atoms with Gasteiger partial charge in [0, 0.05) is 37.8 Å². The van der Waals surface area contributed by atoms with Crippen LogP contribution in [-0.2, 0) is 11.3 Å². The Hall–Kier alpha value is -2.83. The van der Waals surface area contributed by atoms with E-state index in [4.69, 9.17) is 10.2 Å². The molecule has 0 amide bonds. The molecule has 0 fully saturated rings. The maximum atomic E-state index is 12.4. The first-order valence-electron chi connectivity index (χ1n) is 10.8. The molecule has 6 heteroatoms. The second kappa shape index (κ2) is 14.2. The average Bonchev–Trinajstić information content (AvgIpc) is 2.78. The van der Waals surface area contributed by atoms with Crippen molar-refractivity contribution in [2.45, 2.75) is 45.1 Å². The van der Waals surface area contributed by atoms with E-state index in [-0.39, 0.29) is 18.8 Å². The van der Waals surface area contributed by atoms with E-state index in [9.17, 15) is 9.59 Å². The van der Waals surface area contributed by atoms with Crippen molar-refractivity contribution in [2.75, 3.05) is 19.7 Å². The molecule has 166 valence electrons. The van der Waals surface area contributed by atoms with Gasteiger partial charge in [-0.05, 0) is 37.0 Å². The Balaban J connectivity index is 1.68. The summed E-state index contributed by atoms with van der Waals surface area (Å²) in [5.74, 6) is -0.777. The molecule has 0 saturated heterocycles. The first-order chi connectivity index (χ1) is 15.1. The Bertz CT molecular complexity index is 819. The van der Waals surface area contributed by atoms with Gasteiger partial charge in [-0.1, -0.05) is 48.9 Å². The monoisotopic (exact) mass is 424 g/mol. The largest absolute Gasteiger partial charge is 0.481 e. The predicted octanol–water partition coefficient (Wildman–Crippen LogP) is 4.20. The summed E-state index contributed by atoms with van der Waals surface area (Å²) >= 11 is 0. The van der Waals surface area contributed by atoms with E-state index >= 15 is 0 Å². The Labute approximate surface area is 184 Å². The molecule has 2 aromatic rings. The number of carboxylic acids is 1. The van der Waals surface area contributed by atoms with Crippen molar-refractivity contribution in [2.24, 2.45) is 0 Å². The lowest BCUT2D eigenvalue weighted by atomic mass is 10.0. The minimum absolute atomic E-state index is 0.0125. The molecule has 1 heterocycles. The number of carbonyl (C=O) groups excluding carboxylic acids is 1. The molecule has 1 aromatic heterocycles. The molecule has 1 aromatic carbocycles. The number of nitrogens with zero attached hydrogens (tertiary/aromatic N) is 2. The first-order valence-corrected chi connectivity index (χ1v) is 10.8. The van der Waals surface area contributed by atoms with Crippen LogP contribution in [0.15, 0.2) is 54.7 Å². The van der Waals surface area contributed by atoms with Crippen molar-refractivity contribution in [1.29, 1.82) is 0 Å². The van der Waals surface area contributed by atoms with Crippen LogP contribution in [-0.4, -0.2) is 51.5 Å². The van der Waals surface area contributed by atoms with E-state index in [2.05, 4.69) is 29.3 Å². The van der Waals surface area contributed by atoms with Gasteiger partial charge in [-0.3, -0.25) is 19.5 Å². The number of ketones is 1. The van der Waals surface area contributed by atoms with E-state index in [1.807, 2.05) is 23.1 Å². The quantitative estimate of drug-likeness (QED) is 0.329. The second-order valence-corrected chi connectivity index (χ2v) is 7.52. The van der Waals surface area contributed by atoms with Gasteiger partial charge in [0.05, 0.1) is 18.7 Å². The van der Waals surface area contributed by atoms with Crippen molar-refractivity contribution in [1.82, 2.24) is 9.88 Å². The molecular weight excluding hydrogens is 392 g/mol. The number of pyridine rings is 1. The maximum absolute atomic E-state index is 12.4. The van der Waals surface area contributed by atoms with Gasteiger partial charge in [-0.15, -0.1) is 0 Å². The van der Waals surface area contributed by atoms with Gasteiger partial charge in [-0.2, -0.15) is 0 Å². The zero-order chi connectivity index (χ0) is 22.3. The molecule has 0 aliphatic heterocycles. The first kappa shape index (κ1) is 24.4. The molecule has 0 bridgehead atoms. The summed E-state index contributed by atoms with van der Waals surface area (Å²) in [5, 5.41) is 18.0. The van der Waals surface area contributed by atoms with Crippen LogP contribution in [0.1, 0.15) is 60.1 Å². The molecule has 0 aliphatic carbocycles. The highest BCUT2D eigenvalue weighted by Crippen LogP contribution is 2.11. The van der Waals surface area contributed by atoms with Crippen LogP contribution in [0, 0.1) is 0 Å². The number of hydrogen-bond donors (Lipinski definition) is 2. The molecule has 0 unspecified atom stereocenters. The van der Waals surface area contributed by atoms with Gasteiger partial charge in [0.15, 0.2) is 5.78 Å². The van der Waals surface area contributed by atoms with Gasteiger partial charge in [0.25, 0.3) is 0 Å². The van der Waals surface area contributed by atoms with E-state index in [1.165, 1.54) is 5.56 Å². The zero-order valence-corrected chi connectivity index (χ0v) is 17.9. The van der Waals surface area contributed by atoms with E-state index in [1.54, 1.807) is 18.3 Å². The minimum atomic E-state index is -0.871. The molecule has 6 nitrogen and oxygen atoms in total. The van der Waals surface area contributed by atoms with Crippen LogP contribution in [0.2, 0.25) is 0 Å². The van der Waals surface area contributed by atoms with Crippen molar-refractivity contribution in [3.63, 3.8) is 0 Å². The van der Waals surface area contributed by atoms with Crippen LogP contribution < -0.4 is 0 Å².